The molecule has 12 heteroatoms. The highest BCUT2D eigenvalue weighted by atomic mass is 16.5. The number of aryl methyl sites for hydroxylation is 6. The normalized spacial score (nSPS) is 14.3. The molecule has 4 aromatic carbocycles. The molecule has 12 nitrogen and oxygen atoms in total. The quantitative estimate of drug-likeness (QED) is 0.154. The van der Waals surface area contributed by atoms with Gasteiger partial charge in [-0.25, -0.2) is 9.97 Å². The van der Waals surface area contributed by atoms with Crippen molar-refractivity contribution in [2.45, 2.75) is 52.9 Å². The Morgan fingerprint density at radius 3 is 1.70 bits per heavy atom. The Morgan fingerprint density at radius 2 is 1.17 bits per heavy atom. The predicted octanol–water partition coefficient (Wildman–Crippen LogP) is 10.4. The van der Waals surface area contributed by atoms with Crippen LogP contribution in [0.3, 0.4) is 0 Å². The third kappa shape index (κ3) is 8.79. The zero-order valence-electron chi connectivity index (χ0n) is 37.1. The van der Waals surface area contributed by atoms with Gasteiger partial charge in [0, 0.05) is 73.1 Å². The number of ether oxygens (including phenoxy) is 4. The molecule has 0 unspecified atom stereocenters. The molecular weight excluding hydrogens is 805 g/mol. The zero-order chi connectivity index (χ0) is 44.5. The number of rotatable bonds is 8. The number of aromatic nitrogens is 6. The van der Waals surface area contributed by atoms with Gasteiger partial charge in [0.15, 0.2) is 11.5 Å². The molecule has 2 aliphatic rings. The van der Waals surface area contributed by atoms with Crippen molar-refractivity contribution in [1.82, 2.24) is 29.1 Å². The Kier molecular flexibility index (Phi) is 11.9. The standard InChI is InChI=1S/C26H27N3O3.C26H25N3O3/c2*1-16-13-20(15-29(3)26(16)30)22-7-8-23-24(28-17(2)27-23)25(22)32-21-6-4-5-19(14-21)18-9-11-31-12-10-18/h4-8,13-15,18H,9-12H2,1-3H3,(H,27,28);4-9,13-15H,10-12H2,1-3H3,(H,27,28). The first-order chi connectivity index (χ1) is 31.0. The van der Waals surface area contributed by atoms with Gasteiger partial charge < -0.3 is 38.0 Å². The van der Waals surface area contributed by atoms with Crippen LogP contribution in [-0.2, 0) is 23.6 Å². The number of H-pyrrole nitrogens is 2. The molecule has 8 aromatic rings. The average Bonchev–Trinajstić information content (AvgIpc) is 3.89. The van der Waals surface area contributed by atoms with E-state index in [0.717, 1.165) is 112 Å². The number of aromatic amines is 2. The van der Waals surface area contributed by atoms with Gasteiger partial charge in [-0.05, 0) is 130 Å². The summed E-state index contributed by atoms with van der Waals surface area (Å²) in [6.45, 7) is 10.5. The molecule has 1 saturated heterocycles. The van der Waals surface area contributed by atoms with Gasteiger partial charge in [0.05, 0.1) is 24.2 Å². The molecule has 6 heterocycles. The van der Waals surface area contributed by atoms with Gasteiger partial charge in [-0.3, -0.25) is 9.59 Å². The fourth-order valence-electron chi connectivity index (χ4n) is 8.71. The number of pyridine rings is 2. The monoisotopic (exact) mass is 856 g/mol. The number of nitrogens with one attached hydrogen (secondary N) is 2. The third-order valence-electron chi connectivity index (χ3n) is 12.0. The van der Waals surface area contributed by atoms with Gasteiger partial charge in [0.25, 0.3) is 11.1 Å². The van der Waals surface area contributed by atoms with Crippen LogP contribution in [0.1, 0.15) is 59.1 Å². The van der Waals surface area contributed by atoms with E-state index in [0.29, 0.717) is 35.2 Å². The molecule has 2 N–H and O–H groups in total. The molecule has 0 amide bonds. The Bertz CT molecular complexity index is 3130. The van der Waals surface area contributed by atoms with E-state index in [2.05, 4.69) is 40.3 Å². The molecule has 0 aliphatic carbocycles. The third-order valence-corrected chi connectivity index (χ3v) is 12.0. The molecule has 0 radical (unpaired) electrons. The van der Waals surface area contributed by atoms with Crippen LogP contribution < -0.4 is 20.6 Å². The summed E-state index contributed by atoms with van der Waals surface area (Å²) in [6, 6.07) is 28.3. The molecular formula is C52H52N6O6. The van der Waals surface area contributed by atoms with Crippen LogP contribution in [-0.4, -0.2) is 55.5 Å². The Morgan fingerprint density at radius 1 is 0.625 bits per heavy atom. The summed E-state index contributed by atoms with van der Waals surface area (Å²) in [7, 11) is 3.54. The molecule has 2 aliphatic heterocycles. The highest BCUT2D eigenvalue weighted by Gasteiger charge is 2.21. The van der Waals surface area contributed by atoms with Crippen molar-refractivity contribution in [1.29, 1.82) is 0 Å². The second-order valence-corrected chi connectivity index (χ2v) is 16.7. The minimum atomic E-state index is -0.00894. The molecule has 0 atom stereocenters. The van der Waals surface area contributed by atoms with Crippen LogP contribution in [0.5, 0.6) is 23.0 Å². The number of fused-ring (bicyclic) bond motifs is 2. The average molecular weight is 857 g/mol. The van der Waals surface area contributed by atoms with Crippen LogP contribution in [0, 0.1) is 27.7 Å². The van der Waals surface area contributed by atoms with E-state index in [1.807, 2.05) is 101 Å². The van der Waals surface area contributed by atoms with Crippen LogP contribution in [0.2, 0.25) is 0 Å². The lowest BCUT2D eigenvalue weighted by molar-refractivity contribution is 0.0853. The predicted molar refractivity (Wildman–Crippen MR) is 252 cm³/mol. The molecule has 10 rings (SSSR count). The van der Waals surface area contributed by atoms with Gasteiger partial charge in [-0.1, -0.05) is 30.3 Å². The van der Waals surface area contributed by atoms with Crippen molar-refractivity contribution in [2.75, 3.05) is 26.4 Å². The summed E-state index contributed by atoms with van der Waals surface area (Å²) in [5, 5.41) is 0. The fraction of sp³-hybridized carbons (Fsp3) is 0.269. The molecule has 326 valence electrons. The number of benzene rings is 4. The van der Waals surface area contributed by atoms with E-state index in [1.165, 1.54) is 11.1 Å². The smallest absolute Gasteiger partial charge is 0.253 e. The van der Waals surface area contributed by atoms with Crippen LogP contribution in [0.25, 0.3) is 49.9 Å². The minimum absolute atomic E-state index is 0.00271. The van der Waals surface area contributed by atoms with E-state index in [9.17, 15) is 9.59 Å². The van der Waals surface area contributed by atoms with Gasteiger partial charge in [0.1, 0.15) is 34.2 Å². The topological polar surface area (TPSA) is 138 Å². The first-order valence-electron chi connectivity index (χ1n) is 21.7. The lowest BCUT2D eigenvalue weighted by Crippen LogP contribution is -2.18. The number of hydrogen-bond acceptors (Lipinski definition) is 8. The maximum absolute atomic E-state index is 12.2. The summed E-state index contributed by atoms with van der Waals surface area (Å²) in [5.74, 6) is 5.02. The summed E-state index contributed by atoms with van der Waals surface area (Å²) in [6.07, 6.45) is 8.76. The molecule has 0 saturated carbocycles. The molecule has 64 heavy (non-hydrogen) atoms. The zero-order valence-corrected chi connectivity index (χ0v) is 37.1. The first kappa shape index (κ1) is 42.3. The largest absolute Gasteiger partial charge is 0.454 e. The highest BCUT2D eigenvalue weighted by molar-refractivity contribution is 5.92. The van der Waals surface area contributed by atoms with E-state index >= 15 is 0 Å². The second-order valence-electron chi connectivity index (χ2n) is 16.7. The van der Waals surface area contributed by atoms with E-state index in [-0.39, 0.29) is 11.1 Å². The highest BCUT2D eigenvalue weighted by Crippen LogP contribution is 2.41. The number of imidazole rings is 2. The lowest BCUT2D eigenvalue weighted by atomic mass is 9.92. The fourth-order valence-corrected chi connectivity index (χ4v) is 8.71. The molecule has 0 spiro atoms. The Hall–Kier alpha value is -7.02. The van der Waals surface area contributed by atoms with Crippen molar-refractivity contribution in [3.8, 4) is 45.3 Å². The first-order valence-corrected chi connectivity index (χ1v) is 21.7. The van der Waals surface area contributed by atoms with Gasteiger partial charge in [0.2, 0.25) is 0 Å². The SMILES string of the molecule is Cc1nc2c(Oc3cccc(C4=CCOCC4)c3)c(-c3cc(C)c(=O)n(C)c3)ccc2[nH]1.Cc1nc2c(Oc3cccc(C4CCOCC4)c3)c(-c3cc(C)c(=O)n(C)c3)ccc2[nH]1. The molecule has 1 fully saturated rings. The Labute approximate surface area is 371 Å². The van der Waals surface area contributed by atoms with Crippen molar-refractivity contribution in [3.05, 3.63) is 158 Å². The van der Waals surface area contributed by atoms with Crippen molar-refractivity contribution >= 4 is 27.6 Å². The summed E-state index contributed by atoms with van der Waals surface area (Å²) in [5.41, 5.74) is 12.0. The van der Waals surface area contributed by atoms with E-state index in [1.54, 1.807) is 23.2 Å². The summed E-state index contributed by atoms with van der Waals surface area (Å²) >= 11 is 0. The maximum atomic E-state index is 12.2. The van der Waals surface area contributed by atoms with E-state index < -0.39 is 0 Å². The van der Waals surface area contributed by atoms with E-state index in [4.69, 9.17) is 28.9 Å². The van der Waals surface area contributed by atoms with Gasteiger partial charge in [-0.15, -0.1) is 0 Å². The lowest BCUT2D eigenvalue weighted by Gasteiger charge is -2.23. The minimum Gasteiger partial charge on any atom is -0.454 e. The molecule has 0 bridgehead atoms. The Balaban J connectivity index is 0.000000162. The number of hydrogen-bond donors (Lipinski definition) is 2. The van der Waals surface area contributed by atoms with Crippen LogP contribution in [0.4, 0.5) is 0 Å². The molecule has 4 aromatic heterocycles. The number of nitrogens with zero attached hydrogens (tertiary/aromatic N) is 4. The van der Waals surface area contributed by atoms with Crippen LogP contribution >= 0.6 is 0 Å². The van der Waals surface area contributed by atoms with Gasteiger partial charge in [-0.2, -0.15) is 0 Å². The van der Waals surface area contributed by atoms with Crippen LogP contribution in [0.15, 0.2) is 113 Å². The van der Waals surface area contributed by atoms with Crippen molar-refractivity contribution in [2.24, 2.45) is 14.1 Å². The van der Waals surface area contributed by atoms with Gasteiger partial charge >= 0.3 is 0 Å². The van der Waals surface area contributed by atoms with Crippen molar-refractivity contribution < 1.29 is 18.9 Å². The maximum Gasteiger partial charge on any atom is 0.253 e. The van der Waals surface area contributed by atoms with Crippen molar-refractivity contribution in [3.63, 3.8) is 0 Å². The summed E-state index contributed by atoms with van der Waals surface area (Å²) in [4.78, 5) is 40.5. The second kappa shape index (κ2) is 18.0. The summed E-state index contributed by atoms with van der Waals surface area (Å²) < 4.78 is 27.2.